The van der Waals surface area contributed by atoms with Crippen LogP contribution < -0.4 is 10.5 Å². The Hall–Kier alpha value is -1.32. The van der Waals surface area contributed by atoms with Gasteiger partial charge in [0.25, 0.3) is 0 Å². The van der Waals surface area contributed by atoms with Crippen LogP contribution in [0.3, 0.4) is 0 Å². The van der Waals surface area contributed by atoms with Gasteiger partial charge in [-0.05, 0) is 23.8 Å². The van der Waals surface area contributed by atoms with Crippen molar-refractivity contribution in [1.29, 1.82) is 0 Å². The standard InChI is InChI=1S/C10H9BrF3NO4/c11-5-1-4(7(16)8(17)9(15)18)2-6(3-5)19-10(12,13)14/h1-3,7-8,16-17H,(H2,15,18). The molecule has 106 valence electrons. The molecule has 0 aliphatic rings. The van der Waals surface area contributed by atoms with E-state index in [0.717, 1.165) is 12.1 Å². The zero-order valence-corrected chi connectivity index (χ0v) is 10.8. The van der Waals surface area contributed by atoms with Gasteiger partial charge in [-0.15, -0.1) is 13.2 Å². The number of aliphatic hydroxyl groups is 2. The summed E-state index contributed by atoms with van der Waals surface area (Å²) in [5.41, 5.74) is 4.63. The van der Waals surface area contributed by atoms with Crippen molar-refractivity contribution in [3.05, 3.63) is 28.2 Å². The minimum atomic E-state index is -4.90. The van der Waals surface area contributed by atoms with Gasteiger partial charge in [0, 0.05) is 4.47 Å². The van der Waals surface area contributed by atoms with Gasteiger partial charge in [-0.25, -0.2) is 0 Å². The Morgan fingerprint density at radius 1 is 1.32 bits per heavy atom. The second-order valence-electron chi connectivity index (χ2n) is 3.56. The van der Waals surface area contributed by atoms with E-state index in [4.69, 9.17) is 5.73 Å². The fourth-order valence-corrected chi connectivity index (χ4v) is 1.78. The molecule has 9 heteroatoms. The molecule has 0 aromatic heterocycles. The highest BCUT2D eigenvalue weighted by Gasteiger charge is 2.32. The zero-order valence-electron chi connectivity index (χ0n) is 9.19. The topological polar surface area (TPSA) is 92.8 Å². The minimum absolute atomic E-state index is 0.153. The molecule has 0 spiro atoms. The maximum absolute atomic E-state index is 12.1. The van der Waals surface area contributed by atoms with E-state index in [2.05, 4.69) is 20.7 Å². The largest absolute Gasteiger partial charge is 0.573 e. The molecule has 4 N–H and O–H groups in total. The number of carbonyl (C=O) groups excluding carboxylic acids is 1. The number of carbonyl (C=O) groups is 1. The van der Waals surface area contributed by atoms with E-state index in [0.29, 0.717) is 0 Å². The van der Waals surface area contributed by atoms with Crippen LogP contribution in [-0.2, 0) is 4.79 Å². The van der Waals surface area contributed by atoms with Crippen molar-refractivity contribution in [3.63, 3.8) is 0 Å². The lowest BCUT2D eigenvalue weighted by Crippen LogP contribution is -2.33. The third-order valence-electron chi connectivity index (χ3n) is 2.06. The van der Waals surface area contributed by atoms with E-state index in [-0.39, 0.29) is 10.0 Å². The number of aliphatic hydroxyl groups excluding tert-OH is 2. The number of amides is 1. The van der Waals surface area contributed by atoms with Crippen molar-refractivity contribution >= 4 is 21.8 Å². The molecule has 0 radical (unpaired) electrons. The van der Waals surface area contributed by atoms with Crippen LogP contribution in [0, 0.1) is 0 Å². The van der Waals surface area contributed by atoms with Gasteiger partial charge in [-0.1, -0.05) is 15.9 Å². The van der Waals surface area contributed by atoms with Crippen molar-refractivity contribution in [2.75, 3.05) is 0 Å². The molecule has 5 nitrogen and oxygen atoms in total. The molecule has 0 saturated heterocycles. The maximum Gasteiger partial charge on any atom is 0.573 e. The first-order valence-corrected chi connectivity index (χ1v) is 5.61. The smallest absolute Gasteiger partial charge is 0.406 e. The van der Waals surface area contributed by atoms with Crippen LogP contribution in [0.4, 0.5) is 13.2 Å². The second kappa shape index (κ2) is 5.76. The molecule has 0 aliphatic heterocycles. The normalized spacial score (nSPS) is 14.8. The number of ether oxygens (including phenoxy) is 1. The highest BCUT2D eigenvalue weighted by molar-refractivity contribution is 9.10. The molecular weight excluding hydrogens is 335 g/mol. The summed E-state index contributed by atoms with van der Waals surface area (Å²) >= 11 is 2.92. The van der Waals surface area contributed by atoms with E-state index < -0.39 is 30.2 Å². The SMILES string of the molecule is NC(=O)C(O)C(O)c1cc(Br)cc(OC(F)(F)F)c1. The highest BCUT2D eigenvalue weighted by Crippen LogP contribution is 2.30. The van der Waals surface area contributed by atoms with E-state index in [9.17, 15) is 28.2 Å². The summed E-state index contributed by atoms with van der Waals surface area (Å²) in [5, 5.41) is 18.9. The van der Waals surface area contributed by atoms with Crippen molar-refractivity contribution < 1.29 is 32.9 Å². The molecule has 2 unspecified atom stereocenters. The number of nitrogens with two attached hydrogens (primary N) is 1. The lowest BCUT2D eigenvalue weighted by atomic mass is 10.0. The van der Waals surface area contributed by atoms with Gasteiger partial charge in [0.15, 0.2) is 6.10 Å². The van der Waals surface area contributed by atoms with Crippen molar-refractivity contribution in [2.45, 2.75) is 18.6 Å². The predicted molar refractivity (Wildman–Crippen MR) is 61.0 cm³/mol. The van der Waals surface area contributed by atoms with Crippen molar-refractivity contribution in [3.8, 4) is 5.75 Å². The summed E-state index contributed by atoms with van der Waals surface area (Å²) in [6, 6.07) is 3.08. The average molecular weight is 344 g/mol. The van der Waals surface area contributed by atoms with Crippen LogP contribution in [-0.4, -0.2) is 28.6 Å². The molecule has 2 atom stereocenters. The van der Waals surface area contributed by atoms with Gasteiger partial charge in [-0.2, -0.15) is 0 Å². The van der Waals surface area contributed by atoms with E-state index in [1.807, 2.05) is 0 Å². The molecular formula is C10H9BrF3NO4. The van der Waals surface area contributed by atoms with Crippen molar-refractivity contribution in [1.82, 2.24) is 0 Å². The summed E-state index contributed by atoms with van der Waals surface area (Å²) in [6.45, 7) is 0. The second-order valence-corrected chi connectivity index (χ2v) is 4.48. The summed E-state index contributed by atoms with van der Waals surface area (Å²) in [7, 11) is 0. The molecule has 1 aromatic rings. The van der Waals surface area contributed by atoms with Gasteiger partial charge >= 0.3 is 6.36 Å². The molecule has 1 aromatic carbocycles. The predicted octanol–water partition coefficient (Wildman–Crippen LogP) is 1.23. The first-order chi connectivity index (χ1) is 8.60. The maximum atomic E-state index is 12.1. The Morgan fingerprint density at radius 3 is 2.37 bits per heavy atom. The summed E-state index contributed by atoms with van der Waals surface area (Å²) in [5.74, 6) is -1.81. The Bertz CT molecular complexity index is 480. The fraction of sp³-hybridized carbons (Fsp3) is 0.300. The zero-order chi connectivity index (χ0) is 14.8. The van der Waals surface area contributed by atoms with Crippen LogP contribution in [0.15, 0.2) is 22.7 Å². The number of primary amides is 1. The first-order valence-electron chi connectivity index (χ1n) is 4.82. The lowest BCUT2D eigenvalue weighted by molar-refractivity contribution is -0.274. The Kier molecular flexibility index (Phi) is 4.77. The van der Waals surface area contributed by atoms with Crippen LogP contribution in [0.1, 0.15) is 11.7 Å². The number of hydrogen-bond acceptors (Lipinski definition) is 4. The Labute approximate surface area is 113 Å². The Morgan fingerprint density at radius 2 is 1.89 bits per heavy atom. The number of rotatable bonds is 4. The fourth-order valence-electron chi connectivity index (χ4n) is 1.29. The molecule has 1 amide bonds. The van der Waals surface area contributed by atoms with Gasteiger partial charge < -0.3 is 20.7 Å². The first kappa shape index (κ1) is 15.7. The van der Waals surface area contributed by atoms with E-state index >= 15 is 0 Å². The number of alkyl halides is 3. The molecule has 0 heterocycles. The molecule has 0 fully saturated rings. The van der Waals surface area contributed by atoms with E-state index in [1.165, 1.54) is 6.07 Å². The Balaban J connectivity index is 3.06. The molecule has 19 heavy (non-hydrogen) atoms. The summed E-state index contributed by atoms with van der Waals surface area (Å²) in [4.78, 5) is 10.7. The summed E-state index contributed by atoms with van der Waals surface area (Å²) < 4.78 is 40.0. The third kappa shape index (κ3) is 4.69. The monoisotopic (exact) mass is 343 g/mol. The quantitative estimate of drug-likeness (QED) is 0.766. The van der Waals surface area contributed by atoms with Gasteiger partial charge in [0.1, 0.15) is 11.9 Å². The van der Waals surface area contributed by atoms with Crippen LogP contribution in [0.5, 0.6) is 5.75 Å². The lowest BCUT2D eigenvalue weighted by Gasteiger charge is -2.17. The van der Waals surface area contributed by atoms with Gasteiger partial charge in [0.2, 0.25) is 5.91 Å². The number of hydrogen-bond donors (Lipinski definition) is 3. The van der Waals surface area contributed by atoms with Crippen LogP contribution in [0.2, 0.25) is 0 Å². The van der Waals surface area contributed by atoms with Crippen molar-refractivity contribution in [2.24, 2.45) is 5.73 Å². The van der Waals surface area contributed by atoms with E-state index in [1.54, 1.807) is 0 Å². The third-order valence-corrected chi connectivity index (χ3v) is 2.52. The molecule has 0 aliphatic carbocycles. The molecule has 0 bridgehead atoms. The van der Waals surface area contributed by atoms with Crippen LogP contribution in [0.25, 0.3) is 0 Å². The number of halogens is 4. The minimum Gasteiger partial charge on any atom is -0.406 e. The van der Waals surface area contributed by atoms with Gasteiger partial charge in [0.05, 0.1) is 0 Å². The highest BCUT2D eigenvalue weighted by atomic mass is 79.9. The van der Waals surface area contributed by atoms with Gasteiger partial charge in [-0.3, -0.25) is 4.79 Å². The van der Waals surface area contributed by atoms with Crippen LogP contribution >= 0.6 is 15.9 Å². The average Bonchev–Trinajstić information content (AvgIpc) is 2.23. The molecule has 1 rings (SSSR count). The molecule has 0 saturated carbocycles. The summed E-state index contributed by atoms with van der Waals surface area (Å²) in [6.07, 6.45) is -8.59. The number of benzene rings is 1.